The molecule has 0 amide bonds. The highest BCUT2D eigenvalue weighted by atomic mass is 16.4. The summed E-state index contributed by atoms with van der Waals surface area (Å²) in [4.78, 5) is 28.3. The molecule has 0 aliphatic heterocycles. The summed E-state index contributed by atoms with van der Waals surface area (Å²) < 4.78 is 0. The Kier molecular flexibility index (Phi) is 6.48. The van der Waals surface area contributed by atoms with Crippen molar-refractivity contribution in [2.45, 2.75) is 113 Å². The van der Waals surface area contributed by atoms with E-state index in [1.165, 1.54) is 12.8 Å². The van der Waals surface area contributed by atoms with Crippen LogP contribution in [0, 0.1) is 45.3 Å². The second kappa shape index (κ2) is 8.53. The molecule has 7 atom stereocenters. The molecule has 0 aromatic carbocycles. The second-order valence-corrected chi connectivity index (χ2v) is 14.1. The normalized spacial score (nSPS) is 42.8. The summed E-state index contributed by atoms with van der Waals surface area (Å²) in [6.07, 6.45) is 6.51. The van der Waals surface area contributed by atoms with E-state index < -0.39 is 28.3 Å². The van der Waals surface area contributed by atoms with Gasteiger partial charge in [0.2, 0.25) is 5.78 Å². The molecule has 0 bridgehead atoms. The molecule has 196 valence electrons. The zero-order chi connectivity index (χ0) is 26.1. The summed E-state index contributed by atoms with van der Waals surface area (Å²) in [7, 11) is 0. The van der Waals surface area contributed by atoms with Crippen LogP contribution in [0.3, 0.4) is 0 Å². The molecule has 0 heterocycles. The summed E-state index contributed by atoms with van der Waals surface area (Å²) in [5.41, 5.74) is -0.539. The van der Waals surface area contributed by atoms with Gasteiger partial charge < -0.3 is 10.3 Å². The number of carbonyl (C=O) groups is 2. The van der Waals surface area contributed by atoms with Crippen molar-refractivity contribution in [3.8, 4) is 0 Å². The van der Waals surface area contributed by atoms with Crippen LogP contribution in [0.2, 0.25) is 0 Å². The average Bonchev–Trinajstić information content (AvgIpc) is 3.02. The van der Waals surface area contributed by atoms with Crippen LogP contribution in [0.4, 0.5) is 0 Å². The van der Waals surface area contributed by atoms with E-state index in [4.69, 9.17) is 0 Å². The Morgan fingerprint density at radius 3 is 2.23 bits per heavy atom. The molecule has 0 aromatic rings. The quantitative estimate of drug-likeness (QED) is 0.350. The number of fused-ring (bicyclic) bond motifs is 4. The first-order chi connectivity index (χ1) is 16.2. The van der Waals surface area contributed by atoms with Gasteiger partial charge in [0, 0.05) is 39.7 Å². The summed E-state index contributed by atoms with van der Waals surface area (Å²) in [6, 6.07) is 0. The van der Waals surface area contributed by atoms with Crippen molar-refractivity contribution in [3.05, 3.63) is 11.1 Å². The summed E-state index contributed by atoms with van der Waals surface area (Å²) in [5, 5.41) is 24.6. The molecule has 0 spiro atoms. The van der Waals surface area contributed by atoms with E-state index in [2.05, 4.69) is 46.7 Å². The third-order valence-electron chi connectivity index (χ3n) is 11.4. The lowest BCUT2D eigenvalue weighted by molar-refractivity contribution is -0.131. The molecule has 5 nitrogen and oxygen atoms in total. The number of allylic oxidation sites excluding steroid dienone is 2. The first-order valence-electron chi connectivity index (χ1n) is 13.9. The number of oxime groups is 1. The number of hydrogen-bond donors (Lipinski definition) is 2. The van der Waals surface area contributed by atoms with Crippen LogP contribution in [0.5, 0.6) is 0 Å². The Morgan fingerprint density at radius 1 is 0.971 bits per heavy atom. The van der Waals surface area contributed by atoms with Crippen LogP contribution in [-0.4, -0.2) is 33.7 Å². The maximum Gasteiger partial charge on any atom is 0.207 e. The smallest absolute Gasteiger partial charge is 0.207 e. The molecule has 35 heavy (non-hydrogen) atoms. The largest absolute Gasteiger partial charge is 0.411 e. The minimum atomic E-state index is -0.673. The van der Waals surface area contributed by atoms with E-state index in [0.29, 0.717) is 48.2 Å². The molecule has 4 aliphatic rings. The van der Waals surface area contributed by atoms with Crippen LogP contribution >= 0.6 is 0 Å². The molecule has 0 aromatic heterocycles. The van der Waals surface area contributed by atoms with Crippen LogP contribution < -0.4 is 0 Å². The summed E-state index contributed by atoms with van der Waals surface area (Å²) in [6.45, 7) is 17.3. The number of aliphatic hydroxyl groups excluding tert-OH is 1. The SMILES string of the molecule is CC(C)CCC[C@H](C)[C@@H]1CC[C@]2(C)C3=C(C(=O)C[C@]12C)[C@]1(C)CC[C@H](O)C(C)(C)[C@H]1C(=NO)C3=O. The third-order valence-corrected chi connectivity index (χ3v) is 11.4. The fourth-order valence-corrected chi connectivity index (χ4v) is 9.21. The van der Waals surface area contributed by atoms with Gasteiger partial charge in [-0.2, -0.15) is 0 Å². The zero-order valence-corrected chi connectivity index (χ0v) is 23.2. The van der Waals surface area contributed by atoms with Gasteiger partial charge in [-0.1, -0.05) is 79.8 Å². The van der Waals surface area contributed by atoms with Crippen molar-refractivity contribution in [2.75, 3.05) is 0 Å². The van der Waals surface area contributed by atoms with Gasteiger partial charge >= 0.3 is 0 Å². The molecular weight excluding hydrogens is 438 g/mol. The van der Waals surface area contributed by atoms with Crippen molar-refractivity contribution in [1.29, 1.82) is 0 Å². The Bertz CT molecular complexity index is 977. The lowest BCUT2D eigenvalue weighted by Crippen LogP contribution is -2.62. The molecule has 0 radical (unpaired) electrons. The van der Waals surface area contributed by atoms with E-state index in [9.17, 15) is 19.9 Å². The van der Waals surface area contributed by atoms with E-state index >= 15 is 0 Å². The standard InChI is InChI=1S/C30H47NO4/c1-17(2)10-9-11-18(3)19-12-15-29(7)23-22(20(32)16-30(19,29)8)28(6)14-13-21(33)27(4,5)26(28)24(31-35)25(23)34/h17-19,21,26,33,35H,9-16H2,1-8H3/t18-,19-,21-,26+,28-,29+,30+/m0/s1. The van der Waals surface area contributed by atoms with Crippen LogP contribution in [0.1, 0.15) is 107 Å². The number of ketones is 2. The van der Waals surface area contributed by atoms with Crippen LogP contribution in [-0.2, 0) is 9.59 Å². The monoisotopic (exact) mass is 485 g/mol. The molecule has 4 aliphatic carbocycles. The van der Waals surface area contributed by atoms with Gasteiger partial charge in [0.1, 0.15) is 5.71 Å². The lowest BCUT2D eigenvalue weighted by Gasteiger charge is -2.60. The number of hydrogen-bond acceptors (Lipinski definition) is 5. The van der Waals surface area contributed by atoms with Gasteiger partial charge in [-0.25, -0.2) is 0 Å². The molecule has 2 fully saturated rings. The molecular formula is C30H47NO4. The maximum atomic E-state index is 14.2. The Labute approximate surface area is 211 Å². The topological polar surface area (TPSA) is 87.0 Å². The van der Waals surface area contributed by atoms with Gasteiger partial charge in [0.25, 0.3) is 0 Å². The van der Waals surface area contributed by atoms with Crippen LogP contribution in [0.25, 0.3) is 0 Å². The predicted molar refractivity (Wildman–Crippen MR) is 138 cm³/mol. The molecule has 4 rings (SSSR count). The van der Waals surface area contributed by atoms with Crippen molar-refractivity contribution in [3.63, 3.8) is 0 Å². The Morgan fingerprint density at radius 2 is 1.63 bits per heavy atom. The summed E-state index contributed by atoms with van der Waals surface area (Å²) >= 11 is 0. The molecule has 5 heteroatoms. The van der Waals surface area contributed by atoms with Crippen molar-refractivity contribution in [2.24, 2.45) is 50.5 Å². The van der Waals surface area contributed by atoms with Crippen molar-refractivity contribution < 1.29 is 19.9 Å². The highest BCUT2D eigenvalue weighted by molar-refractivity contribution is 6.49. The van der Waals surface area contributed by atoms with Gasteiger partial charge in [-0.15, -0.1) is 0 Å². The zero-order valence-electron chi connectivity index (χ0n) is 23.2. The molecule has 0 unspecified atom stereocenters. The van der Waals surface area contributed by atoms with Crippen molar-refractivity contribution >= 4 is 17.3 Å². The number of Topliss-reactive ketones (excluding diaryl/α,β-unsaturated/α-hetero) is 2. The summed E-state index contributed by atoms with van der Waals surface area (Å²) in [5.74, 6) is 0.924. The first-order valence-corrected chi connectivity index (χ1v) is 13.9. The Balaban J connectivity index is 1.82. The fraction of sp³-hybridized carbons (Fsp3) is 0.833. The second-order valence-electron chi connectivity index (χ2n) is 14.1. The minimum absolute atomic E-state index is 0.103. The number of rotatable bonds is 5. The van der Waals surface area contributed by atoms with E-state index in [1.807, 2.05) is 13.8 Å². The minimum Gasteiger partial charge on any atom is -0.411 e. The first kappa shape index (κ1) is 26.6. The Hall–Kier alpha value is -1.49. The molecule has 2 N–H and O–H groups in total. The molecule has 0 saturated heterocycles. The number of carbonyl (C=O) groups excluding carboxylic acids is 2. The predicted octanol–water partition coefficient (Wildman–Crippen LogP) is 6.36. The van der Waals surface area contributed by atoms with Gasteiger partial charge in [-0.3, -0.25) is 9.59 Å². The van der Waals surface area contributed by atoms with Crippen LogP contribution in [0.15, 0.2) is 16.3 Å². The maximum absolute atomic E-state index is 14.2. The van der Waals surface area contributed by atoms with E-state index in [-0.39, 0.29) is 22.7 Å². The van der Waals surface area contributed by atoms with E-state index in [0.717, 1.165) is 19.3 Å². The van der Waals surface area contributed by atoms with Gasteiger partial charge in [0.15, 0.2) is 5.78 Å². The average molecular weight is 486 g/mol. The van der Waals surface area contributed by atoms with Gasteiger partial charge in [-0.05, 0) is 48.9 Å². The lowest BCUT2D eigenvalue weighted by atomic mass is 9.42. The number of aliphatic hydroxyl groups is 1. The molecule has 2 saturated carbocycles. The third kappa shape index (κ3) is 3.54. The number of nitrogens with zero attached hydrogens (tertiary/aromatic N) is 1. The fourth-order valence-electron chi connectivity index (χ4n) is 9.21. The van der Waals surface area contributed by atoms with Crippen molar-refractivity contribution in [1.82, 2.24) is 0 Å². The van der Waals surface area contributed by atoms with E-state index in [1.54, 1.807) is 0 Å². The highest BCUT2D eigenvalue weighted by Gasteiger charge is 2.69. The highest BCUT2D eigenvalue weighted by Crippen LogP contribution is 2.70. The van der Waals surface area contributed by atoms with Gasteiger partial charge in [0.05, 0.1) is 6.10 Å².